The van der Waals surface area contributed by atoms with Gasteiger partial charge in [0, 0.05) is 30.3 Å². The third kappa shape index (κ3) is 3.47. The molecule has 0 radical (unpaired) electrons. The van der Waals surface area contributed by atoms with Crippen molar-refractivity contribution in [1.82, 2.24) is 0 Å². The molecule has 0 spiro atoms. The lowest BCUT2D eigenvalue weighted by Crippen LogP contribution is -2.27. The van der Waals surface area contributed by atoms with Crippen molar-refractivity contribution >= 4 is 27.3 Å². The van der Waals surface area contributed by atoms with Crippen LogP contribution in [0.25, 0.3) is 0 Å². The molecule has 1 heterocycles. The highest BCUT2D eigenvalue weighted by Crippen LogP contribution is 2.28. The Labute approximate surface area is 117 Å². The number of aliphatic hydroxyl groups is 1. The normalized spacial score (nSPS) is 19.6. The summed E-state index contributed by atoms with van der Waals surface area (Å²) in [5, 5.41) is 14.1. The SMILES string of the molecule is Nc1cc(CO)cc(N2CC(CS(N)(=O)=O)CC2=O)c1. The van der Waals surface area contributed by atoms with Crippen LogP contribution in [0.3, 0.4) is 0 Å². The molecule has 0 aromatic heterocycles. The highest BCUT2D eigenvalue weighted by molar-refractivity contribution is 7.89. The van der Waals surface area contributed by atoms with Crippen LogP contribution in [0.15, 0.2) is 18.2 Å². The first kappa shape index (κ1) is 14.8. The number of nitrogens with two attached hydrogens (primary N) is 2. The molecule has 0 saturated carbocycles. The maximum absolute atomic E-state index is 12.0. The van der Waals surface area contributed by atoms with Crippen LogP contribution in [0.5, 0.6) is 0 Å². The average Bonchev–Trinajstić information content (AvgIpc) is 2.66. The van der Waals surface area contributed by atoms with E-state index in [-0.39, 0.29) is 37.2 Å². The number of primary sulfonamides is 1. The minimum Gasteiger partial charge on any atom is -0.399 e. The Morgan fingerprint density at radius 3 is 2.65 bits per heavy atom. The van der Waals surface area contributed by atoms with Crippen LogP contribution in [0, 0.1) is 5.92 Å². The molecule has 1 aliphatic rings. The van der Waals surface area contributed by atoms with Crippen molar-refractivity contribution in [2.24, 2.45) is 11.1 Å². The van der Waals surface area contributed by atoms with Gasteiger partial charge >= 0.3 is 0 Å². The summed E-state index contributed by atoms with van der Waals surface area (Å²) in [6.07, 6.45) is 0.139. The van der Waals surface area contributed by atoms with Gasteiger partial charge in [-0.05, 0) is 23.8 Å². The third-order valence-corrected chi connectivity index (χ3v) is 4.10. The summed E-state index contributed by atoms with van der Waals surface area (Å²) in [6, 6.07) is 4.90. The lowest BCUT2D eigenvalue weighted by atomic mass is 10.1. The maximum Gasteiger partial charge on any atom is 0.227 e. The van der Waals surface area contributed by atoms with E-state index >= 15 is 0 Å². The van der Waals surface area contributed by atoms with Gasteiger partial charge in [0.05, 0.1) is 12.4 Å². The Balaban J connectivity index is 2.21. The number of benzene rings is 1. The van der Waals surface area contributed by atoms with Gasteiger partial charge in [0.2, 0.25) is 15.9 Å². The van der Waals surface area contributed by atoms with Crippen LogP contribution in [0.2, 0.25) is 0 Å². The number of anilines is 2. The summed E-state index contributed by atoms with van der Waals surface area (Å²) in [5.74, 6) is -0.714. The lowest BCUT2D eigenvalue weighted by Gasteiger charge is -2.18. The first-order valence-electron chi connectivity index (χ1n) is 6.09. The fourth-order valence-electron chi connectivity index (χ4n) is 2.42. The van der Waals surface area contributed by atoms with Crippen molar-refractivity contribution in [3.63, 3.8) is 0 Å². The number of sulfonamides is 1. The number of aliphatic hydroxyl groups excluding tert-OH is 1. The van der Waals surface area contributed by atoms with Crippen LogP contribution in [-0.4, -0.2) is 31.7 Å². The largest absolute Gasteiger partial charge is 0.399 e. The topological polar surface area (TPSA) is 127 Å². The zero-order valence-electron chi connectivity index (χ0n) is 10.8. The van der Waals surface area contributed by atoms with Crippen LogP contribution in [0.4, 0.5) is 11.4 Å². The number of carbonyl (C=O) groups excluding carboxylic acids is 1. The van der Waals surface area contributed by atoms with Gasteiger partial charge in [-0.3, -0.25) is 4.79 Å². The van der Waals surface area contributed by atoms with Crippen molar-refractivity contribution in [2.45, 2.75) is 13.0 Å². The van der Waals surface area contributed by atoms with Crippen LogP contribution in [-0.2, 0) is 21.4 Å². The molecular formula is C12H17N3O4S. The average molecular weight is 299 g/mol. The van der Waals surface area contributed by atoms with E-state index in [4.69, 9.17) is 16.0 Å². The van der Waals surface area contributed by atoms with Gasteiger partial charge in [0.1, 0.15) is 0 Å². The molecule has 1 unspecified atom stereocenters. The fraction of sp³-hybridized carbons (Fsp3) is 0.417. The van der Waals surface area contributed by atoms with E-state index in [9.17, 15) is 13.2 Å². The number of hydrogen-bond donors (Lipinski definition) is 3. The van der Waals surface area contributed by atoms with Gasteiger partial charge in [-0.15, -0.1) is 0 Å². The Kier molecular flexibility index (Phi) is 3.98. The third-order valence-electron chi connectivity index (χ3n) is 3.17. The first-order valence-corrected chi connectivity index (χ1v) is 7.81. The number of nitrogen functional groups attached to an aromatic ring is 1. The second-order valence-electron chi connectivity index (χ2n) is 4.99. The second-order valence-corrected chi connectivity index (χ2v) is 6.65. The quantitative estimate of drug-likeness (QED) is 0.640. The molecule has 20 heavy (non-hydrogen) atoms. The van der Waals surface area contributed by atoms with Crippen molar-refractivity contribution < 1.29 is 18.3 Å². The van der Waals surface area contributed by atoms with E-state index in [2.05, 4.69) is 0 Å². The number of hydrogen-bond acceptors (Lipinski definition) is 5. The molecule has 1 amide bonds. The summed E-state index contributed by atoms with van der Waals surface area (Å²) in [4.78, 5) is 13.4. The van der Waals surface area contributed by atoms with E-state index < -0.39 is 10.0 Å². The molecule has 1 atom stereocenters. The Morgan fingerprint density at radius 2 is 2.05 bits per heavy atom. The fourth-order valence-corrected chi connectivity index (χ4v) is 3.30. The molecule has 0 aliphatic carbocycles. The molecule has 7 nitrogen and oxygen atoms in total. The molecular weight excluding hydrogens is 282 g/mol. The predicted octanol–water partition coefficient (Wildman–Crippen LogP) is -0.598. The van der Waals surface area contributed by atoms with E-state index in [1.165, 1.54) is 4.90 Å². The highest BCUT2D eigenvalue weighted by Gasteiger charge is 2.32. The summed E-state index contributed by atoms with van der Waals surface area (Å²) >= 11 is 0. The molecule has 1 fully saturated rings. The summed E-state index contributed by atoms with van der Waals surface area (Å²) in [5.41, 5.74) is 7.32. The number of nitrogens with zero attached hydrogens (tertiary/aromatic N) is 1. The molecule has 2 rings (SSSR count). The molecule has 5 N–H and O–H groups in total. The molecule has 1 aromatic rings. The molecule has 8 heteroatoms. The van der Waals surface area contributed by atoms with Gasteiger partial charge in [-0.2, -0.15) is 0 Å². The lowest BCUT2D eigenvalue weighted by molar-refractivity contribution is -0.117. The van der Waals surface area contributed by atoms with Gasteiger partial charge in [-0.25, -0.2) is 13.6 Å². The Hall–Kier alpha value is -1.64. The van der Waals surface area contributed by atoms with E-state index in [0.717, 1.165) is 0 Å². The van der Waals surface area contributed by atoms with Gasteiger partial charge in [0.25, 0.3) is 0 Å². The molecule has 1 saturated heterocycles. The maximum atomic E-state index is 12.0. The monoisotopic (exact) mass is 299 g/mol. The van der Waals surface area contributed by atoms with E-state index in [0.29, 0.717) is 16.9 Å². The second kappa shape index (κ2) is 5.39. The minimum atomic E-state index is -3.60. The number of amides is 1. The first-order chi connectivity index (χ1) is 9.28. The predicted molar refractivity (Wildman–Crippen MR) is 75.2 cm³/mol. The van der Waals surface area contributed by atoms with Crippen LogP contribution >= 0.6 is 0 Å². The van der Waals surface area contributed by atoms with Gasteiger partial charge < -0.3 is 15.7 Å². The molecule has 1 aromatic carbocycles. The van der Waals surface area contributed by atoms with Crippen molar-refractivity contribution in [2.75, 3.05) is 22.9 Å². The van der Waals surface area contributed by atoms with E-state index in [1.807, 2.05) is 0 Å². The summed E-state index contributed by atoms with van der Waals surface area (Å²) in [7, 11) is -3.60. The number of carbonyl (C=O) groups is 1. The summed E-state index contributed by atoms with van der Waals surface area (Å²) < 4.78 is 22.2. The molecule has 1 aliphatic heterocycles. The number of rotatable bonds is 4. The zero-order valence-corrected chi connectivity index (χ0v) is 11.6. The summed E-state index contributed by atoms with van der Waals surface area (Å²) in [6.45, 7) is 0.101. The van der Waals surface area contributed by atoms with Gasteiger partial charge in [0.15, 0.2) is 0 Å². The zero-order chi connectivity index (χ0) is 14.9. The molecule has 110 valence electrons. The van der Waals surface area contributed by atoms with Crippen LogP contribution in [0.1, 0.15) is 12.0 Å². The Morgan fingerprint density at radius 1 is 1.35 bits per heavy atom. The smallest absolute Gasteiger partial charge is 0.227 e. The van der Waals surface area contributed by atoms with Crippen molar-refractivity contribution in [3.05, 3.63) is 23.8 Å². The van der Waals surface area contributed by atoms with Crippen molar-refractivity contribution in [3.8, 4) is 0 Å². The van der Waals surface area contributed by atoms with E-state index in [1.54, 1.807) is 18.2 Å². The standard InChI is InChI=1S/C12H17N3O4S/c13-10-1-8(6-16)2-11(4-10)15-5-9(3-12(15)17)7-20(14,18)19/h1-2,4,9,16H,3,5-7,13H2,(H2,14,18,19). The van der Waals surface area contributed by atoms with Crippen LogP contribution < -0.4 is 15.8 Å². The molecule has 0 bridgehead atoms. The van der Waals surface area contributed by atoms with Gasteiger partial charge in [-0.1, -0.05) is 0 Å². The Bertz CT molecular complexity index is 630. The van der Waals surface area contributed by atoms with Crippen molar-refractivity contribution in [1.29, 1.82) is 0 Å². The minimum absolute atomic E-state index is 0.139. The highest BCUT2D eigenvalue weighted by atomic mass is 32.2.